The number of unbranched alkanes of at least 4 members (excludes halogenated alkanes) is 2. The van der Waals surface area contributed by atoms with Crippen LogP contribution >= 0.6 is 23.2 Å². The zero-order valence-corrected chi connectivity index (χ0v) is 9.20. The molecular weight excluding hydrogens is 203 g/mol. The summed E-state index contributed by atoms with van der Waals surface area (Å²) in [7, 11) is 0. The second-order valence-corrected chi connectivity index (χ2v) is 3.81. The molecule has 0 bridgehead atoms. The maximum absolute atomic E-state index is 6.00. The van der Waals surface area contributed by atoms with Crippen molar-refractivity contribution in [2.45, 2.75) is 26.2 Å². The predicted octanol–water partition coefficient (Wildman–Crippen LogP) is 4.54. The smallest absolute Gasteiger partial charge is 0.0439 e. The summed E-state index contributed by atoms with van der Waals surface area (Å²) in [4.78, 5) is 0. The third-order valence-corrected chi connectivity index (χ3v) is 2.52. The van der Waals surface area contributed by atoms with Crippen LogP contribution in [-0.2, 0) is 6.42 Å². The fourth-order valence-electron chi connectivity index (χ4n) is 1.20. The summed E-state index contributed by atoms with van der Waals surface area (Å²) in [6.07, 6.45) is 5.40. The molecule has 0 aliphatic carbocycles. The molecule has 1 aromatic rings. The Labute approximate surface area is 89.9 Å². The van der Waals surface area contributed by atoms with Crippen molar-refractivity contribution in [3.63, 3.8) is 0 Å². The minimum atomic E-state index is 0.760. The summed E-state index contributed by atoms with van der Waals surface area (Å²) in [6, 6.07) is 5.61. The molecule has 0 fully saturated rings. The van der Waals surface area contributed by atoms with Crippen molar-refractivity contribution >= 4 is 23.2 Å². The van der Waals surface area contributed by atoms with E-state index in [1.165, 1.54) is 0 Å². The summed E-state index contributed by atoms with van der Waals surface area (Å²) in [5.74, 6) is 0. The highest BCUT2D eigenvalue weighted by atomic mass is 35.5. The molecule has 0 nitrogen and oxygen atoms in total. The maximum atomic E-state index is 6.00. The Bertz CT molecular complexity index is 269. The highest BCUT2D eigenvalue weighted by molar-refractivity contribution is 6.33. The molecule has 71 valence electrons. The largest absolute Gasteiger partial charge is 0.0843 e. The Hall–Kier alpha value is -0.200. The summed E-state index contributed by atoms with van der Waals surface area (Å²) >= 11 is 11.9. The number of hydrogen-bond acceptors (Lipinski definition) is 0. The van der Waals surface area contributed by atoms with Gasteiger partial charge in [-0.05, 0) is 43.0 Å². The number of hydrogen-bond donors (Lipinski definition) is 0. The molecule has 0 unspecified atom stereocenters. The molecule has 2 heteroatoms. The Balaban J connectivity index is 2.59. The van der Waals surface area contributed by atoms with E-state index in [-0.39, 0.29) is 0 Å². The molecule has 0 spiro atoms. The first kappa shape index (κ1) is 10.9. The van der Waals surface area contributed by atoms with E-state index in [2.05, 4.69) is 13.3 Å². The normalized spacial score (nSPS) is 10.4. The van der Waals surface area contributed by atoms with E-state index in [0.717, 1.165) is 34.9 Å². The van der Waals surface area contributed by atoms with Crippen molar-refractivity contribution < 1.29 is 0 Å². The van der Waals surface area contributed by atoms with Gasteiger partial charge in [0.05, 0.1) is 0 Å². The van der Waals surface area contributed by atoms with Crippen LogP contribution in [0.5, 0.6) is 0 Å². The molecule has 1 radical (unpaired) electrons. The van der Waals surface area contributed by atoms with Gasteiger partial charge >= 0.3 is 0 Å². The second-order valence-electron chi connectivity index (χ2n) is 2.97. The Morgan fingerprint density at radius 3 is 2.77 bits per heavy atom. The van der Waals surface area contributed by atoms with Crippen molar-refractivity contribution in [2.24, 2.45) is 0 Å². The average molecular weight is 216 g/mol. The minimum absolute atomic E-state index is 0.760. The number of aryl methyl sites for hydroxylation is 1. The molecule has 1 aromatic carbocycles. The highest BCUT2D eigenvalue weighted by Gasteiger charge is 2.00. The van der Waals surface area contributed by atoms with Gasteiger partial charge in [0, 0.05) is 10.0 Å². The Morgan fingerprint density at radius 2 is 2.08 bits per heavy atom. The van der Waals surface area contributed by atoms with Crippen molar-refractivity contribution in [3.8, 4) is 0 Å². The molecule has 0 N–H and O–H groups in total. The summed E-state index contributed by atoms with van der Waals surface area (Å²) < 4.78 is 0. The van der Waals surface area contributed by atoms with Crippen LogP contribution < -0.4 is 0 Å². The van der Waals surface area contributed by atoms with Crippen LogP contribution in [0.1, 0.15) is 25.3 Å². The van der Waals surface area contributed by atoms with Gasteiger partial charge in [-0.1, -0.05) is 36.5 Å². The van der Waals surface area contributed by atoms with Crippen LogP contribution in [0.4, 0.5) is 0 Å². The van der Waals surface area contributed by atoms with E-state index >= 15 is 0 Å². The molecule has 0 aliphatic rings. The summed E-state index contributed by atoms with van der Waals surface area (Å²) in [6.45, 7) is 2.14. The van der Waals surface area contributed by atoms with Crippen molar-refractivity contribution in [1.29, 1.82) is 0 Å². The molecular formula is C11H13Cl2. The first-order chi connectivity index (χ1) is 6.24. The number of halogens is 2. The van der Waals surface area contributed by atoms with Crippen LogP contribution in [-0.4, -0.2) is 0 Å². The number of benzene rings is 1. The molecule has 0 aromatic heterocycles. The van der Waals surface area contributed by atoms with Crippen molar-refractivity contribution in [2.75, 3.05) is 0 Å². The van der Waals surface area contributed by atoms with Crippen molar-refractivity contribution in [1.82, 2.24) is 0 Å². The summed E-state index contributed by atoms with van der Waals surface area (Å²) in [5.41, 5.74) is 1.14. The van der Waals surface area contributed by atoms with E-state index in [1.54, 1.807) is 0 Å². The first-order valence-corrected chi connectivity index (χ1v) is 5.25. The van der Waals surface area contributed by atoms with Crippen LogP contribution in [0, 0.1) is 6.42 Å². The molecule has 0 saturated carbocycles. The third kappa shape index (κ3) is 3.58. The molecule has 0 atom stereocenters. The SMILES string of the molecule is CC[CH]CCc1cc(Cl)ccc1Cl. The van der Waals surface area contributed by atoms with Crippen LogP contribution in [0.15, 0.2) is 18.2 Å². The van der Waals surface area contributed by atoms with Gasteiger partial charge < -0.3 is 0 Å². The van der Waals surface area contributed by atoms with Gasteiger partial charge in [0.1, 0.15) is 0 Å². The number of rotatable bonds is 4. The lowest BCUT2D eigenvalue weighted by atomic mass is 10.1. The second kappa shape index (κ2) is 5.51. The van der Waals surface area contributed by atoms with Gasteiger partial charge in [-0.25, -0.2) is 0 Å². The minimum Gasteiger partial charge on any atom is -0.0843 e. The lowest BCUT2D eigenvalue weighted by Gasteiger charge is -2.03. The monoisotopic (exact) mass is 215 g/mol. The molecule has 0 amide bonds. The Morgan fingerprint density at radius 1 is 1.31 bits per heavy atom. The fraction of sp³-hybridized carbons (Fsp3) is 0.364. The van der Waals surface area contributed by atoms with Crippen LogP contribution in [0.25, 0.3) is 0 Å². The fourth-order valence-corrected chi connectivity index (χ4v) is 1.60. The molecule has 13 heavy (non-hydrogen) atoms. The summed E-state index contributed by atoms with van der Waals surface area (Å²) in [5, 5.41) is 1.57. The first-order valence-electron chi connectivity index (χ1n) is 4.49. The predicted molar refractivity (Wildman–Crippen MR) is 59.4 cm³/mol. The van der Waals surface area contributed by atoms with E-state index in [4.69, 9.17) is 23.2 Å². The Kier molecular flexibility index (Phi) is 4.61. The average Bonchev–Trinajstić information content (AvgIpc) is 2.11. The lowest BCUT2D eigenvalue weighted by molar-refractivity contribution is 0.878. The standard InChI is InChI=1S/C11H13Cl2/c1-2-3-4-5-9-8-10(12)6-7-11(9)13/h3,6-8H,2,4-5H2,1H3. The van der Waals surface area contributed by atoms with Crippen molar-refractivity contribution in [3.05, 3.63) is 40.2 Å². The van der Waals surface area contributed by atoms with Crippen LogP contribution in [0.3, 0.4) is 0 Å². The third-order valence-electron chi connectivity index (χ3n) is 1.91. The van der Waals surface area contributed by atoms with Gasteiger partial charge in [-0.2, -0.15) is 0 Å². The van der Waals surface area contributed by atoms with E-state index < -0.39 is 0 Å². The van der Waals surface area contributed by atoms with E-state index in [0.29, 0.717) is 0 Å². The molecule has 0 heterocycles. The van der Waals surface area contributed by atoms with E-state index in [9.17, 15) is 0 Å². The zero-order valence-electron chi connectivity index (χ0n) is 7.69. The maximum Gasteiger partial charge on any atom is 0.0439 e. The van der Waals surface area contributed by atoms with Gasteiger partial charge in [-0.15, -0.1) is 0 Å². The van der Waals surface area contributed by atoms with E-state index in [1.807, 2.05) is 18.2 Å². The van der Waals surface area contributed by atoms with Gasteiger partial charge in [0.25, 0.3) is 0 Å². The zero-order chi connectivity index (χ0) is 9.68. The van der Waals surface area contributed by atoms with Gasteiger partial charge in [0.15, 0.2) is 0 Å². The molecule has 0 aliphatic heterocycles. The molecule has 1 rings (SSSR count). The van der Waals surface area contributed by atoms with Gasteiger partial charge in [-0.3, -0.25) is 0 Å². The van der Waals surface area contributed by atoms with Gasteiger partial charge in [0.2, 0.25) is 0 Å². The topological polar surface area (TPSA) is 0 Å². The highest BCUT2D eigenvalue weighted by Crippen LogP contribution is 2.22. The quantitative estimate of drug-likeness (QED) is 0.648. The van der Waals surface area contributed by atoms with Crippen LogP contribution in [0.2, 0.25) is 10.0 Å². The lowest BCUT2D eigenvalue weighted by Crippen LogP contribution is -1.87. The molecule has 0 saturated heterocycles.